The Hall–Kier alpha value is -1.18. The van der Waals surface area contributed by atoms with Crippen LogP contribution in [0.4, 0.5) is 4.39 Å². The molecule has 1 nitrogen and oxygen atoms in total. The molecule has 0 aromatic heterocycles. The van der Waals surface area contributed by atoms with Gasteiger partial charge in [0.2, 0.25) is 0 Å². The van der Waals surface area contributed by atoms with E-state index in [2.05, 4.69) is 6.92 Å². The average Bonchev–Trinajstić information content (AvgIpc) is 2.38. The lowest BCUT2D eigenvalue weighted by atomic mass is 9.77. The fraction of sp³-hybridized carbons (Fsp3) is 0.588. The van der Waals surface area contributed by atoms with Gasteiger partial charge in [0.15, 0.2) is 5.78 Å². The van der Waals surface area contributed by atoms with Gasteiger partial charge in [0.05, 0.1) is 0 Å². The monoisotopic (exact) mass is 262 g/mol. The predicted octanol–water partition coefficient (Wildman–Crippen LogP) is 4.92. The number of ketones is 1. The second-order valence-electron chi connectivity index (χ2n) is 5.89. The molecule has 2 heteroatoms. The summed E-state index contributed by atoms with van der Waals surface area (Å²) in [5.41, 5.74) is 1.37. The molecule has 0 unspecified atom stereocenters. The first-order valence-electron chi connectivity index (χ1n) is 7.41. The van der Waals surface area contributed by atoms with Gasteiger partial charge < -0.3 is 0 Å². The number of benzene rings is 1. The van der Waals surface area contributed by atoms with Crippen molar-refractivity contribution in [3.05, 3.63) is 35.1 Å². The molecule has 1 aromatic rings. The van der Waals surface area contributed by atoms with Gasteiger partial charge in [-0.15, -0.1) is 0 Å². The van der Waals surface area contributed by atoms with E-state index in [9.17, 15) is 9.18 Å². The highest BCUT2D eigenvalue weighted by Crippen LogP contribution is 2.33. The molecule has 0 amide bonds. The van der Waals surface area contributed by atoms with E-state index in [0.717, 1.165) is 37.2 Å². The summed E-state index contributed by atoms with van der Waals surface area (Å²) in [5.74, 6) is 0.734. The minimum absolute atomic E-state index is 0.106. The Morgan fingerprint density at radius 1 is 1.21 bits per heavy atom. The van der Waals surface area contributed by atoms with Gasteiger partial charge in [0.1, 0.15) is 5.82 Å². The lowest BCUT2D eigenvalue weighted by Gasteiger charge is -2.27. The molecule has 1 fully saturated rings. The van der Waals surface area contributed by atoms with Gasteiger partial charge in [-0.25, -0.2) is 4.39 Å². The van der Waals surface area contributed by atoms with Crippen molar-refractivity contribution < 1.29 is 9.18 Å². The third-order valence-electron chi connectivity index (χ3n) is 4.24. The highest BCUT2D eigenvalue weighted by molar-refractivity contribution is 5.98. The summed E-state index contributed by atoms with van der Waals surface area (Å²) >= 11 is 0. The van der Waals surface area contributed by atoms with Gasteiger partial charge in [-0.05, 0) is 62.3 Å². The second-order valence-corrected chi connectivity index (χ2v) is 5.89. The first-order chi connectivity index (χ1) is 9.10. The summed E-state index contributed by atoms with van der Waals surface area (Å²) in [4.78, 5) is 12.4. The van der Waals surface area contributed by atoms with Crippen molar-refractivity contribution in [1.29, 1.82) is 0 Å². The first-order valence-corrected chi connectivity index (χ1v) is 7.41. The standard InChI is InChI=1S/C17H23FO/c1-3-4-13-5-7-14(8-6-13)17(19)15-9-12(2)10-16(18)11-15/h9-11,13-14H,3-8H2,1-2H3. The molecule has 104 valence electrons. The van der Waals surface area contributed by atoms with Crippen molar-refractivity contribution in [1.82, 2.24) is 0 Å². The summed E-state index contributed by atoms with van der Waals surface area (Å²) < 4.78 is 13.4. The molecular weight excluding hydrogens is 239 g/mol. The highest BCUT2D eigenvalue weighted by atomic mass is 19.1. The molecule has 0 aliphatic heterocycles. The van der Waals surface area contributed by atoms with Crippen LogP contribution in [-0.4, -0.2) is 5.78 Å². The van der Waals surface area contributed by atoms with Crippen LogP contribution in [-0.2, 0) is 0 Å². The van der Waals surface area contributed by atoms with E-state index in [1.54, 1.807) is 0 Å². The van der Waals surface area contributed by atoms with Crippen molar-refractivity contribution in [2.45, 2.75) is 52.4 Å². The Morgan fingerprint density at radius 2 is 1.89 bits per heavy atom. The largest absolute Gasteiger partial charge is 0.294 e. The molecule has 0 bridgehead atoms. The van der Waals surface area contributed by atoms with Crippen molar-refractivity contribution in [3.8, 4) is 0 Å². The Bertz CT molecular complexity index is 424. The van der Waals surface area contributed by atoms with Crippen LogP contribution in [0.1, 0.15) is 61.4 Å². The maximum atomic E-state index is 13.4. The molecule has 1 aromatic carbocycles. The minimum Gasteiger partial charge on any atom is -0.294 e. The van der Waals surface area contributed by atoms with Crippen LogP contribution < -0.4 is 0 Å². The van der Waals surface area contributed by atoms with Crippen LogP contribution in [0, 0.1) is 24.6 Å². The summed E-state index contributed by atoms with van der Waals surface area (Å²) in [6.45, 7) is 4.05. The summed E-state index contributed by atoms with van der Waals surface area (Å²) in [6.07, 6.45) is 6.75. The molecule has 1 saturated carbocycles. The van der Waals surface area contributed by atoms with E-state index < -0.39 is 0 Å². The van der Waals surface area contributed by atoms with Crippen LogP contribution in [0.2, 0.25) is 0 Å². The van der Waals surface area contributed by atoms with Gasteiger partial charge in [-0.2, -0.15) is 0 Å². The van der Waals surface area contributed by atoms with Crippen LogP contribution in [0.15, 0.2) is 18.2 Å². The number of rotatable bonds is 4. The van der Waals surface area contributed by atoms with Crippen molar-refractivity contribution in [3.63, 3.8) is 0 Å². The average molecular weight is 262 g/mol. The van der Waals surface area contributed by atoms with E-state index in [4.69, 9.17) is 0 Å². The van der Waals surface area contributed by atoms with Crippen LogP contribution in [0.25, 0.3) is 0 Å². The zero-order valence-corrected chi connectivity index (χ0v) is 11.9. The molecule has 2 rings (SSSR count). The summed E-state index contributed by atoms with van der Waals surface area (Å²) in [6, 6.07) is 4.66. The maximum Gasteiger partial charge on any atom is 0.166 e. The number of carbonyl (C=O) groups is 1. The molecule has 19 heavy (non-hydrogen) atoms. The molecule has 0 radical (unpaired) electrons. The molecule has 0 heterocycles. The fourth-order valence-electron chi connectivity index (χ4n) is 3.24. The number of Topliss-reactive ketones (excluding diaryl/α,β-unsaturated/α-hetero) is 1. The van der Waals surface area contributed by atoms with Gasteiger partial charge in [0.25, 0.3) is 0 Å². The third-order valence-corrected chi connectivity index (χ3v) is 4.24. The first kappa shape index (κ1) is 14.2. The third kappa shape index (κ3) is 3.65. The second kappa shape index (κ2) is 6.31. The predicted molar refractivity (Wildman–Crippen MR) is 75.8 cm³/mol. The maximum absolute atomic E-state index is 13.4. The van der Waals surface area contributed by atoms with E-state index in [1.165, 1.54) is 25.0 Å². The lowest BCUT2D eigenvalue weighted by molar-refractivity contribution is 0.0869. The van der Waals surface area contributed by atoms with E-state index in [-0.39, 0.29) is 17.5 Å². The summed E-state index contributed by atoms with van der Waals surface area (Å²) in [7, 11) is 0. The number of carbonyl (C=O) groups excluding carboxylic acids is 1. The van der Waals surface area contributed by atoms with E-state index >= 15 is 0 Å². The fourth-order valence-corrected chi connectivity index (χ4v) is 3.24. The van der Waals surface area contributed by atoms with Crippen LogP contribution in [0.5, 0.6) is 0 Å². The number of halogens is 1. The quantitative estimate of drug-likeness (QED) is 0.704. The molecule has 1 aliphatic rings. The normalized spacial score (nSPS) is 23.3. The van der Waals surface area contributed by atoms with Crippen LogP contribution in [0.3, 0.4) is 0 Å². The van der Waals surface area contributed by atoms with E-state index in [0.29, 0.717) is 5.56 Å². The van der Waals surface area contributed by atoms with Gasteiger partial charge in [-0.3, -0.25) is 4.79 Å². The van der Waals surface area contributed by atoms with Crippen molar-refractivity contribution >= 4 is 5.78 Å². The molecule has 0 N–H and O–H groups in total. The molecule has 0 spiro atoms. The van der Waals surface area contributed by atoms with Crippen LogP contribution >= 0.6 is 0 Å². The Kier molecular flexibility index (Phi) is 4.73. The van der Waals surface area contributed by atoms with Gasteiger partial charge >= 0.3 is 0 Å². The minimum atomic E-state index is -0.303. The molecular formula is C17H23FO. The van der Waals surface area contributed by atoms with Gasteiger partial charge in [0, 0.05) is 11.5 Å². The van der Waals surface area contributed by atoms with Crippen molar-refractivity contribution in [2.24, 2.45) is 11.8 Å². The molecule has 0 atom stereocenters. The number of hydrogen-bond donors (Lipinski definition) is 0. The topological polar surface area (TPSA) is 17.1 Å². The Morgan fingerprint density at radius 3 is 2.47 bits per heavy atom. The summed E-state index contributed by atoms with van der Waals surface area (Å²) in [5, 5.41) is 0. The number of hydrogen-bond acceptors (Lipinski definition) is 1. The van der Waals surface area contributed by atoms with Crippen molar-refractivity contribution in [2.75, 3.05) is 0 Å². The smallest absolute Gasteiger partial charge is 0.166 e. The molecule has 0 saturated heterocycles. The van der Waals surface area contributed by atoms with Gasteiger partial charge in [-0.1, -0.05) is 19.8 Å². The SMILES string of the molecule is CCCC1CCC(C(=O)c2cc(C)cc(F)c2)CC1. The van der Waals surface area contributed by atoms with E-state index in [1.807, 2.05) is 13.0 Å². The molecule has 1 aliphatic carbocycles. The zero-order chi connectivity index (χ0) is 13.8. The lowest BCUT2D eigenvalue weighted by Crippen LogP contribution is -2.22. The Balaban J connectivity index is 2.01. The zero-order valence-electron chi connectivity index (χ0n) is 11.9. The highest BCUT2D eigenvalue weighted by Gasteiger charge is 2.26. The number of aryl methyl sites for hydroxylation is 1. The Labute approximate surface area is 115 Å².